The van der Waals surface area contributed by atoms with Gasteiger partial charge in [0.05, 0.1) is 0 Å². The number of ketones is 2. The van der Waals surface area contributed by atoms with Gasteiger partial charge < -0.3 is 0 Å². The molecule has 5 heteroatoms. The van der Waals surface area contributed by atoms with Gasteiger partial charge in [0.15, 0.2) is 5.78 Å². The maximum atomic E-state index is 13.2. The molecular formula is C17H15F3O2. The largest absolute Gasteiger partial charge is 0.451 e. The Bertz CT molecular complexity index is 633. The predicted molar refractivity (Wildman–Crippen MR) is 74.2 cm³/mol. The zero-order valence-corrected chi connectivity index (χ0v) is 11.8. The molecule has 22 heavy (non-hydrogen) atoms. The maximum Gasteiger partial charge on any atom is 0.451 e. The van der Waals surface area contributed by atoms with E-state index in [4.69, 9.17) is 0 Å². The van der Waals surface area contributed by atoms with Crippen molar-refractivity contribution in [3.8, 4) is 0 Å². The van der Waals surface area contributed by atoms with Gasteiger partial charge in [0.25, 0.3) is 5.78 Å². The van der Waals surface area contributed by atoms with Crippen LogP contribution in [0.5, 0.6) is 0 Å². The number of rotatable bonds is 3. The average molecular weight is 308 g/mol. The van der Waals surface area contributed by atoms with Crippen LogP contribution < -0.4 is 0 Å². The second-order valence-corrected chi connectivity index (χ2v) is 6.03. The van der Waals surface area contributed by atoms with Gasteiger partial charge in [-0.15, -0.1) is 0 Å². The molecule has 0 heterocycles. The number of carbonyl (C=O) groups is 2. The number of alkyl halides is 3. The van der Waals surface area contributed by atoms with Crippen LogP contribution in [0, 0.1) is 17.3 Å². The fourth-order valence-corrected chi connectivity index (χ4v) is 3.75. The molecule has 0 unspecified atom stereocenters. The number of halogens is 3. The zero-order valence-electron chi connectivity index (χ0n) is 11.8. The van der Waals surface area contributed by atoms with Crippen LogP contribution in [0.3, 0.4) is 0 Å². The van der Waals surface area contributed by atoms with Crippen molar-refractivity contribution in [3.05, 3.63) is 48.0 Å². The van der Waals surface area contributed by atoms with Gasteiger partial charge in [-0.05, 0) is 31.1 Å². The van der Waals surface area contributed by atoms with Gasteiger partial charge in [0.2, 0.25) is 0 Å². The van der Waals surface area contributed by atoms with E-state index in [0.29, 0.717) is 6.42 Å². The Morgan fingerprint density at radius 1 is 1.05 bits per heavy atom. The first kappa shape index (κ1) is 15.0. The molecule has 1 saturated carbocycles. The summed E-state index contributed by atoms with van der Waals surface area (Å²) in [5, 5.41) is 0. The molecule has 4 rings (SSSR count). The van der Waals surface area contributed by atoms with E-state index in [1.807, 2.05) is 6.08 Å². The minimum absolute atomic E-state index is 0.0414. The highest BCUT2D eigenvalue weighted by atomic mass is 19.4. The Kier molecular flexibility index (Phi) is 3.46. The number of Topliss-reactive ketones (excluding diaryl/α,β-unsaturated/α-hetero) is 2. The lowest BCUT2D eigenvalue weighted by atomic mass is 9.54. The predicted octanol–water partition coefficient (Wildman–Crippen LogP) is 3.97. The fraction of sp³-hybridized carbons (Fsp3) is 0.412. The van der Waals surface area contributed by atoms with E-state index in [-0.39, 0.29) is 17.9 Å². The second-order valence-electron chi connectivity index (χ2n) is 6.03. The van der Waals surface area contributed by atoms with Crippen molar-refractivity contribution in [2.45, 2.75) is 25.4 Å². The molecule has 0 radical (unpaired) electrons. The first-order valence-corrected chi connectivity index (χ1v) is 7.25. The van der Waals surface area contributed by atoms with Gasteiger partial charge in [-0.2, -0.15) is 13.2 Å². The number of fused-ring (bicyclic) bond motifs is 2. The molecule has 1 aromatic rings. The number of hydrogen-bond acceptors (Lipinski definition) is 2. The first-order chi connectivity index (χ1) is 10.4. The van der Waals surface area contributed by atoms with Crippen LogP contribution in [-0.4, -0.2) is 17.7 Å². The van der Waals surface area contributed by atoms with Crippen LogP contribution in [0.4, 0.5) is 13.2 Å². The van der Waals surface area contributed by atoms with Gasteiger partial charge in [-0.1, -0.05) is 42.5 Å². The van der Waals surface area contributed by atoms with Crippen molar-refractivity contribution < 1.29 is 22.8 Å². The van der Waals surface area contributed by atoms with Gasteiger partial charge >= 0.3 is 6.18 Å². The van der Waals surface area contributed by atoms with Crippen LogP contribution in [0.1, 0.15) is 29.6 Å². The SMILES string of the molecule is O=C(c1ccccc1)[C@]1(C(=O)C(F)(F)F)C[C@@H]2C=C[C@H]1CC2. The molecular weight excluding hydrogens is 293 g/mol. The topological polar surface area (TPSA) is 34.1 Å². The summed E-state index contributed by atoms with van der Waals surface area (Å²) in [6.07, 6.45) is -0.399. The molecule has 3 aliphatic rings. The van der Waals surface area contributed by atoms with E-state index >= 15 is 0 Å². The van der Waals surface area contributed by atoms with Crippen molar-refractivity contribution in [1.29, 1.82) is 0 Å². The molecule has 0 aromatic heterocycles. The van der Waals surface area contributed by atoms with Crippen molar-refractivity contribution in [2.24, 2.45) is 17.3 Å². The smallest absolute Gasteiger partial charge is 0.293 e. The zero-order chi connectivity index (χ0) is 16.0. The summed E-state index contributed by atoms with van der Waals surface area (Å²) >= 11 is 0. The summed E-state index contributed by atoms with van der Waals surface area (Å²) < 4.78 is 39.5. The average Bonchev–Trinajstić information content (AvgIpc) is 2.54. The molecule has 0 N–H and O–H groups in total. The third-order valence-corrected chi connectivity index (χ3v) is 4.78. The van der Waals surface area contributed by atoms with Crippen LogP contribution in [-0.2, 0) is 4.79 Å². The quantitative estimate of drug-likeness (QED) is 0.481. The highest BCUT2D eigenvalue weighted by molar-refractivity contribution is 6.16. The molecule has 3 atom stereocenters. The molecule has 1 fully saturated rings. The summed E-state index contributed by atoms with van der Waals surface area (Å²) in [7, 11) is 0. The van der Waals surface area contributed by atoms with E-state index in [1.165, 1.54) is 12.1 Å². The lowest BCUT2D eigenvalue weighted by Crippen LogP contribution is -2.55. The molecule has 2 nitrogen and oxygen atoms in total. The molecule has 1 aromatic carbocycles. The Balaban J connectivity index is 2.11. The highest BCUT2D eigenvalue weighted by Crippen LogP contribution is 2.53. The molecule has 0 amide bonds. The third kappa shape index (κ3) is 2.19. The minimum atomic E-state index is -5.00. The molecule has 2 bridgehead atoms. The molecule has 0 spiro atoms. The molecule has 0 aliphatic heterocycles. The third-order valence-electron chi connectivity index (χ3n) is 4.78. The lowest BCUT2D eigenvalue weighted by Gasteiger charge is -2.46. The first-order valence-electron chi connectivity index (χ1n) is 7.25. The van der Waals surface area contributed by atoms with Gasteiger partial charge in [0, 0.05) is 5.56 Å². The van der Waals surface area contributed by atoms with E-state index in [2.05, 4.69) is 0 Å². The molecule has 116 valence electrons. The molecule has 0 saturated heterocycles. The second kappa shape index (κ2) is 5.07. The summed E-state index contributed by atoms with van der Waals surface area (Å²) in [6, 6.07) is 7.81. The van der Waals surface area contributed by atoms with Crippen LogP contribution in [0.25, 0.3) is 0 Å². The normalized spacial score (nSPS) is 30.3. The lowest BCUT2D eigenvalue weighted by molar-refractivity contribution is -0.183. The Labute approximate surface area is 126 Å². The Morgan fingerprint density at radius 2 is 1.73 bits per heavy atom. The Hall–Kier alpha value is -1.91. The van der Waals surface area contributed by atoms with E-state index in [0.717, 1.165) is 6.42 Å². The Morgan fingerprint density at radius 3 is 2.18 bits per heavy atom. The number of benzene rings is 1. The maximum absolute atomic E-state index is 13.2. The minimum Gasteiger partial charge on any atom is -0.293 e. The van der Waals surface area contributed by atoms with E-state index in [9.17, 15) is 22.8 Å². The van der Waals surface area contributed by atoms with Gasteiger partial charge in [0.1, 0.15) is 5.41 Å². The number of carbonyl (C=O) groups excluding carboxylic acids is 2. The van der Waals surface area contributed by atoms with Gasteiger partial charge in [-0.3, -0.25) is 9.59 Å². The van der Waals surface area contributed by atoms with Gasteiger partial charge in [-0.25, -0.2) is 0 Å². The summed E-state index contributed by atoms with van der Waals surface area (Å²) in [6.45, 7) is 0. The van der Waals surface area contributed by atoms with Crippen LogP contribution in [0.15, 0.2) is 42.5 Å². The number of hydrogen-bond donors (Lipinski definition) is 0. The van der Waals surface area contributed by atoms with Crippen molar-refractivity contribution in [3.63, 3.8) is 0 Å². The van der Waals surface area contributed by atoms with Crippen molar-refractivity contribution in [1.82, 2.24) is 0 Å². The van der Waals surface area contributed by atoms with E-state index in [1.54, 1.807) is 24.3 Å². The fourth-order valence-electron chi connectivity index (χ4n) is 3.75. The summed E-state index contributed by atoms with van der Waals surface area (Å²) in [5.41, 5.74) is -1.82. The monoisotopic (exact) mass is 308 g/mol. The molecule has 3 aliphatic carbocycles. The highest BCUT2D eigenvalue weighted by Gasteiger charge is 2.62. The van der Waals surface area contributed by atoms with E-state index < -0.39 is 29.1 Å². The van der Waals surface area contributed by atoms with Crippen LogP contribution >= 0.6 is 0 Å². The van der Waals surface area contributed by atoms with Crippen molar-refractivity contribution >= 4 is 11.6 Å². The summed E-state index contributed by atoms with van der Waals surface area (Å²) in [4.78, 5) is 25.0. The van der Waals surface area contributed by atoms with Crippen LogP contribution in [0.2, 0.25) is 0 Å². The summed E-state index contributed by atoms with van der Waals surface area (Å²) in [5.74, 6) is -3.40. The number of allylic oxidation sites excluding steroid dienone is 2. The van der Waals surface area contributed by atoms with Crippen molar-refractivity contribution in [2.75, 3.05) is 0 Å². The standard InChI is InChI=1S/C17H15F3O2/c18-17(19,20)15(22)16(10-11-6-8-13(16)9-7-11)14(21)12-4-2-1-3-5-12/h1-6,8,11,13H,7,9-10H2/t11-,13+,16+/m1/s1.